The summed E-state index contributed by atoms with van der Waals surface area (Å²) in [6, 6.07) is 6.22. The van der Waals surface area contributed by atoms with Crippen LogP contribution < -0.4 is 5.56 Å². The van der Waals surface area contributed by atoms with E-state index in [1.165, 1.54) is 22.2 Å². The Morgan fingerprint density at radius 1 is 1.30 bits per heavy atom. The average Bonchev–Trinajstić information content (AvgIpc) is 2.96. The Morgan fingerprint density at radius 3 is 2.74 bits per heavy atom. The van der Waals surface area contributed by atoms with Crippen molar-refractivity contribution in [1.29, 1.82) is 0 Å². The summed E-state index contributed by atoms with van der Waals surface area (Å²) >= 11 is 1.50. The highest BCUT2D eigenvalue weighted by Crippen LogP contribution is 2.37. The Morgan fingerprint density at radius 2 is 2.04 bits per heavy atom. The molecule has 5 nitrogen and oxygen atoms in total. The van der Waals surface area contributed by atoms with Crippen molar-refractivity contribution >= 4 is 27.5 Å². The molecule has 0 bridgehead atoms. The first-order valence-electron chi connectivity index (χ1n) is 9.07. The number of carbonyl (C=O) groups is 1. The van der Waals surface area contributed by atoms with Crippen LogP contribution in [0.4, 0.5) is 0 Å². The number of fused-ring (bicyclic) bond motifs is 1. The Labute approximate surface area is 162 Å². The molecule has 142 valence electrons. The van der Waals surface area contributed by atoms with E-state index in [1.807, 2.05) is 34.6 Å². The van der Waals surface area contributed by atoms with E-state index >= 15 is 0 Å². The molecule has 0 saturated carbocycles. The maximum absolute atomic E-state index is 13.1. The van der Waals surface area contributed by atoms with Gasteiger partial charge < -0.3 is 4.74 Å². The van der Waals surface area contributed by atoms with Crippen LogP contribution in [0.2, 0.25) is 0 Å². The minimum Gasteiger partial charge on any atom is -0.461 e. The van der Waals surface area contributed by atoms with E-state index in [0.29, 0.717) is 10.2 Å². The molecule has 0 aliphatic rings. The molecule has 0 spiro atoms. The van der Waals surface area contributed by atoms with Crippen LogP contribution in [-0.4, -0.2) is 21.6 Å². The molecular weight excluding hydrogens is 360 g/mol. The quantitative estimate of drug-likeness (QED) is 0.612. The molecule has 3 aromatic rings. The summed E-state index contributed by atoms with van der Waals surface area (Å²) in [7, 11) is 0. The van der Waals surface area contributed by atoms with E-state index in [-0.39, 0.29) is 18.2 Å². The Bertz CT molecular complexity index is 1070. The maximum Gasteiger partial charge on any atom is 0.326 e. The summed E-state index contributed by atoms with van der Waals surface area (Å²) in [4.78, 5) is 31.4. The van der Waals surface area contributed by atoms with Gasteiger partial charge >= 0.3 is 5.97 Å². The fraction of sp³-hybridized carbons (Fsp3) is 0.381. The molecule has 0 aliphatic carbocycles. The van der Waals surface area contributed by atoms with E-state index in [2.05, 4.69) is 23.2 Å². The summed E-state index contributed by atoms with van der Waals surface area (Å²) in [6.07, 6.45) is 2.00. The van der Waals surface area contributed by atoms with E-state index in [0.717, 1.165) is 33.6 Å². The number of hydrogen-bond acceptors (Lipinski definition) is 5. The number of hydrogen-bond donors (Lipinski definition) is 0. The Hall–Kier alpha value is -2.47. The lowest BCUT2D eigenvalue weighted by atomic mass is 9.97. The van der Waals surface area contributed by atoms with Gasteiger partial charge in [0.25, 0.3) is 5.56 Å². The smallest absolute Gasteiger partial charge is 0.326 e. The molecule has 1 atom stereocenters. The van der Waals surface area contributed by atoms with Gasteiger partial charge in [-0.2, -0.15) is 0 Å². The molecule has 1 unspecified atom stereocenters. The highest BCUT2D eigenvalue weighted by atomic mass is 32.1. The summed E-state index contributed by atoms with van der Waals surface area (Å²) in [5.74, 6) is -0.423. The standard InChI is InChI=1S/C21H24N2O3S/c1-6-14(4)26-17(24)10-23-11-22-20-19(21(23)25)18(15(5)27-20)16-9-12(2)7-8-13(16)3/h7-9,11,14H,6,10H2,1-5H3. The largest absolute Gasteiger partial charge is 0.461 e. The normalized spacial score (nSPS) is 12.3. The predicted octanol–water partition coefficient (Wildman–Crippen LogP) is 4.39. The second kappa shape index (κ2) is 7.64. The number of rotatable bonds is 5. The van der Waals surface area contributed by atoms with E-state index in [1.54, 1.807) is 0 Å². The van der Waals surface area contributed by atoms with Crippen molar-refractivity contribution in [3.63, 3.8) is 0 Å². The molecule has 0 saturated heterocycles. The fourth-order valence-corrected chi connectivity index (χ4v) is 4.06. The summed E-state index contributed by atoms with van der Waals surface area (Å²) in [5, 5.41) is 0.574. The number of nitrogens with zero attached hydrogens (tertiary/aromatic N) is 2. The lowest BCUT2D eigenvalue weighted by molar-refractivity contribution is -0.149. The summed E-state index contributed by atoms with van der Waals surface area (Å²) in [6.45, 7) is 9.73. The van der Waals surface area contributed by atoms with Crippen LogP contribution in [0.3, 0.4) is 0 Å². The summed E-state index contributed by atoms with van der Waals surface area (Å²) < 4.78 is 6.64. The maximum atomic E-state index is 13.1. The van der Waals surface area contributed by atoms with Gasteiger partial charge in [-0.25, -0.2) is 4.98 Å². The van der Waals surface area contributed by atoms with Crippen molar-refractivity contribution in [2.24, 2.45) is 0 Å². The number of ether oxygens (including phenoxy) is 1. The van der Waals surface area contributed by atoms with Crippen molar-refractivity contribution in [2.45, 2.75) is 53.7 Å². The van der Waals surface area contributed by atoms with Gasteiger partial charge in [-0.3, -0.25) is 14.2 Å². The van der Waals surface area contributed by atoms with Crippen molar-refractivity contribution in [3.05, 3.63) is 50.9 Å². The van der Waals surface area contributed by atoms with Gasteiger partial charge in [-0.15, -0.1) is 11.3 Å². The molecule has 0 N–H and O–H groups in total. The highest BCUT2D eigenvalue weighted by Gasteiger charge is 2.19. The third-order valence-corrected chi connectivity index (χ3v) is 5.74. The monoisotopic (exact) mass is 384 g/mol. The van der Waals surface area contributed by atoms with Gasteiger partial charge in [0.05, 0.1) is 17.8 Å². The van der Waals surface area contributed by atoms with Gasteiger partial charge in [-0.05, 0) is 45.2 Å². The van der Waals surface area contributed by atoms with Crippen LogP contribution in [0, 0.1) is 20.8 Å². The zero-order chi connectivity index (χ0) is 19.7. The van der Waals surface area contributed by atoms with Crippen LogP contribution in [-0.2, 0) is 16.1 Å². The van der Waals surface area contributed by atoms with Crippen molar-refractivity contribution < 1.29 is 9.53 Å². The SMILES string of the molecule is CCC(C)OC(=O)Cn1cnc2sc(C)c(-c3cc(C)ccc3C)c2c1=O. The molecule has 0 radical (unpaired) electrons. The summed E-state index contributed by atoms with van der Waals surface area (Å²) in [5.41, 5.74) is 3.99. The van der Waals surface area contributed by atoms with Crippen LogP contribution in [0.1, 0.15) is 36.3 Å². The third kappa shape index (κ3) is 3.81. The van der Waals surface area contributed by atoms with E-state index in [9.17, 15) is 9.59 Å². The second-order valence-corrected chi connectivity index (χ2v) is 8.12. The highest BCUT2D eigenvalue weighted by molar-refractivity contribution is 7.19. The first kappa shape index (κ1) is 19.3. The van der Waals surface area contributed by atoms with Gasteiger partial charge in [0.1, 0.15) is 11.4 Å². The van der Waals surface area contributed by atoms with Crippen LogP contribution in [0.25, 0.3) is 21.3 Å². The minimum absolute atomic E-state index is 0.132. The zero-order valence-corrected chi connectivity index (χ0v) is 17.1. The first-order chi connectivity index (χ1) is 12.8. The average molecular weight is 385 g/mol. The number of thiophene rings is 1. The van der Waals surface area contributed by atoms with Gasteiger partial charge in [0, 0.05) is 10.4 Å². The molecule has 2 heterocycles. The van der Waals surface area contributed by atoms with Crippen molar-refractivity contribution in [2.75, 3.05) is 0 Å². The third-order valence-electron chi connectivity index (χ3n) is 4.72. The van der Waals surface area contributed by atoms with Crippen LogP contribution in [0.15, 0.2) is 29.3 Å². The Kier molecular flexibility index (Phi) is 5.46. The molecule has 27 heavy (non-hydrogen) atoms. The molecule has 2 aromatic heterocycles. The zero-order valence-electron chi connectivity index (χ0n) is 16.3. The molecule has 6 heteroatoms. The van der Waals surface area contributed by atoms with Crippen molar-refractivity contribution in [1.82, 2.24) is 9.55 Å². The van der Waals surface area contributed by atoms with Crippen LogP contribution in [0.5, 0.6) is 0 Å². The van der Waals surface area contributed by atoms with E-state index < -0.39 is 5.97 Å². The predicted molar refractivity (Wildman–Crippen MR) is 109 cm³/mol. The lowest BCUT2D eigenvalue weighted by Crippen LogP contribution is -2.27. The Balaban J connectivity index is 2.12. The van der Waals surface area contributed by atoms with Gasteiger partial charge in [0.2, 0.25) is 0 Å². The number of benzene rings is 1. The van der Waals surface area contributed by atoms with Gasteiger partial charge in [0.15, 0.2) is 0 Å². The number of esters is 1. The van der Waals surface area contributed by atoms with Gasteiger partial charge in [-0.1, -0.05) is 30.7 Å². The second-order valence-electron chi connectivity index (χ2n) is 6.92. The minimum atomic E-state index is -0.423. The van der Waals surface area contributed by atoms with Crippen LogP contribution >= 0.6 is 11.3 Å². The molecule has 0 fully saturated rings. The first-order valence-corrected chi connectivity index (χ1v) is 9.89. The molecule has 1 aromatic carbocycles. The number of aromatic nitrogens is 2. The van der Waals surface area contributed by atoms with E-state index in [4.69, 9.17) is 4.74 Å². The number of aryl methyl sites for hydroxylation is 3. The molecule has 0 aliphatic heterocycles. The topological polar surface area (TPSA) is 61.2 Å². The number of carbonyl (C=O) groups excluding carboxylic acids is 1. The molecule has 3 rings (SSSR count). The van der Waals surface area contributed by atoms with Crippen molar-refractivity contribution in [3.8, 4) is 11.1 Å². The molecular formula is C21H24N2O3S. The fourth-order valence-electron chi connectivity index (χ4n) is 3.06. The lowest BCUT2D eigenvalue weighted by Gasteiger charge is -2.12. The molecule has 0 amide bonds.